The van der Waals surface area contributed by atoms with Gasteiger partial charge in [0, 0.05) is 34.7 Å². The van der Waals surface area contributed by atoms with E-state index in [0.29, 0.717) is 9.94 Å². The van der Waals surface area contributed by atoms with E-state index in [1.807, 2.05) is 27.7 Å². The summed E-state index contributed by atoms with van der Waals surface area (Å²) < 4.78 is 64.9. The molecule has 12 nitrogen and oxygen atoms in total. The van der Waals surface area contributed by atoms with Crippen molar-refractivity contribution in [3.8, 4) is 0 Å². The second-order valence-electron chi connectivity index (χ2n) is 7.48. The Morgan fingerprint density at radius 2 is 1.28 bits per heavy atom. The number of hydrogen-bond acceptors (Lipinski definition) is 12. The van der Waals surface area contributed by atoms with Crippen molar-refractivity contribution in [1.29, 1.82) is 0 Å². The fourth-order valence-corrected chi connectivity index (χ4v) is 3.99. The fraction of sp³-hybridized carbons (Fsp3) is 0.375. The average molecular weight is 553 g/mol. The molecule has 3 heterocycles. The molecule has 1 aliphatic heterocycles. The van der Waals surface area contributed by atoms with E-state index in [1.54, 1.807) is 0 Å². The van der Waals surface area contributed by atoms with Crippen LogP contribution in [0.25, 0.3) is 0 Å². The summed E-state index contributed by atoms with van der Waals surface area (Å²) in [7, 11) is -8.53. The minimum atomic E-state index is -4.00. The lowest BCUT2D eigenvalue weighted by Crippen LogP contribution is -2.41. The number of nitrogens with zero attached hydrogens (tertiary/aromatic N) is 2. The van der Waals surface area contributed by atoms with E-state index < -0.39 is 38.6 Å². The summed E-state index contributed by atoms with van der Waals surface area (Å²) >= 11 is 3.06. The van der Waals surface area contributed by atoms with Crippen LogP contribution >= 0.6 is 15.9 Å². The Bertz CT molecular complexity index is 1160. The molecule has 1 saturated heterocycles. The van der Waals surface area contributed by atoms with Crippen molar-refractivity contribution >= 4 is 48.7 Å². The number of pyridine rings is 2. The van der Waals surface area contributed by atoms with Crippen LogP contribution in [0.4, 0.5) is 0 Å². The largest absolute Gasteiger partial charge is 0.496 e. The van der Waals surface area contributed by atoms with Crippen LogP contribution in [0.2, 0.25) is 0 Å². The minimum absolute atomic E-state index is 0.0839. The van der Waals surface area contributed by atoms with Crippen LogP contribution < -0.4 is 17.3 Å². The Morgan fingerprint density at radius 1 is 0.844 bits per heavy atom. The smallest absolute Gasteiger partial charge is 0.399 e. The molecule has 16 heteroatoms. The molecule has 3 rings (SSSR count). The molecule has 0 saturated carbocycles. The molecule has 176 valence electrons. The van der Waals surface area contributed by atoms with Gasteiger partial charge in [0.15, 0.2) is 0 Å². The molecule has 2 aromatic heterocycles. The van der Waals surface area contributed by atoms with Gasteiger partial charge in [0.1, 0.15) is 9.79 Å². The van der Waals surface area contributed by atoms with Crippen LogP contribution in [0.5, 0.6) is 0 Å². The zero-order valence-corrected chi connectivity index (χ0v) is 20.8. The molecule has 1 aliphatic rings. The summed E-state index contributed by atoms with van der Waals surface area (Å²) in [6, 6.07) is 2.71. The van der Waals surface area contributed by atoms with Gasteiger partial charge in [-0.2, -0.15) is 37.2 Å². The average Bonchev–Trinajstić information content (AvgIpc) is 2.96. The van der Waals surface area contributed by atoms with E-state index in [0.717, 1.165) is 12.4 Å². The molecule has 2 aromatic rings. The molecule has 4 N–H and O–H groups in total. The van der Waals surface area contributed by atoms with Gasteiger partial charge in [0.05, 0.1) is 11.2 Å². The molecule has 0 spiro atoms. The maximum atomic E-state index is 11.6. The second-order valence-corrected chi connectivity index (χ2v) is 11.5. The Labute approximate surface area is 195 Å². The third kappa shape index (κ3) is 6.09. The zero-order chi connectivity index (χ0) is 24.4. The van der Waals surface area contributed by atoms with E-state index in [-0.39, 0.29) is 9.79 Å². The highest BCUT2D eigenvalue weighted by atomic mass is 79.9. The zero-order valence-electron chi connectivity index (χ0n) is 17.6. The Balaban J connectivity index is 0.000000258. The van der Waals surface area contributed by atoms with Crippen LogP contribution in [-0.2, 0) is 38.1 Å². The van der Waals surface area contributed by atoms with Gasteiger partial charge in [-0.05, 0) is 55.8 Å². The first-order valence-electron chi connectivity index (χ1n) is 8.83. The molecule has 0 atom stereocenters. The monoisotopic (exact) mass is 552 g/mol. The summed E-state index contributed by atoms with van der Waals surface area (Å²) in [5, 5.41) is 0. The lowest BCUT2D eigenvalue weighted by atomic mass is 9.80. The third-order valence-corrected chi connectivity index (χ3v) is 7.31. The third-order valence-electron chi connectivity index (χ3n) is 4.77. The summed E-state index contributed by atoms with van der Waals surface area (Å²) in [5.41, 5.74) is -0.546. The van der Waals surface area contributed by atoms with Gasteiger partial charge < -0.3 is 9.31 Å². The molecule has 1 fully saturated rings. The number of rotatable bonds is 5. The lowest BCUT2D eigenvalue weighted by Gasteiger charge is -2.32. The molecule has 0 radical (unpaired) electrons. The van der Waals surface area contributed by atoms with E-state index >= 15 is 0 Å². The van der Waals surface area contributed by atoms with E-state index in [4.69, 9.17) is 15.2 Å². The highest BCUT2D eigenvalue weighted by molar-refractivity contribution is 9.10. The van der Waals surface area contributed by atoms with Crippen LogP contribution in [0.3, 0.4) is 0 Å². The summed E-state index contributed by atoms with van der Waals surface area (Å²) in [6.45, 7) is 7.63. The van der Waals surface area contributed by atoms with Gasteiger partial charge >= 0.3 is 27.4 Å². The van der Waals surface area contributed by atoms with Gasteiger partial charge in [0.25, 0.3) is 0 Å². The van der Waals surface area contributed by atoms with Crippen molar-refractivity contribution in [3.05, 3.63) is 41.4 Å². The second kappa shape index (κ2) is 9.78. The van der Waals surface area contributed by atoms with Gasteiger partial charge in [-0.15, -0.1) is 0 Å². The molecule has 0 aliphatic carbocycles. The SMILES string of the molecule is CC1(C)OB(c2cncc(S(=O)(=O)ON)c2)OC1(C)C.NOS(=O)(=O)c1cncc(Br)c1. The standard InChI is InChI=1S/C11H17BN2O5S.C5H5BrN2O3S/c1-10(2)11(3,4)18-12(17-10)8-5-9(7-14-6-8)20(15,16)19-13;6-4-1-5(3-8-2-4)12(9,10)11-7/h5-7H,13H2,1-4H3;1-3H,7H2. The first-order valence-corrected chi connectivity index (χ1v) is 12.4. The quantitative estimate of drug-likeness (QED) is 0.384. The van der Waals surface area contributed by atoms with Crippen molar-refractivity contribution in [3.63, 3.8) is 0 Å². The van der Waals surface area contributed by atoms with Gasteiger partial charge in [-0.25, -0.2) is 0 Å². The van der Waals surface area contributed by atoms with Gasteiger partial charge in [-0.3, -0.25) is 9.97 Å². The van der Waals surface area contributed by atoms with E-state index in [9.17, 15) is 16.8 Å². The van der Waals surface area contributed by atoms with Gasteiger partial charge in [0.2, 0.25) is 0 Å². The predicted molar refractivity (Wildman–Crippen MR) is 117 cm³/mol. The Hall–Kier alpha value is -1.50. The summed E-state index contributed by atoms with van der Waals surface area (Å²) in [6.07, 6.45) is 5.23. The van der Waals surface area contributed by atoms with Crippen molar-refractivity contribution < 1.29 is 34.7 Å². The highest BCUT2D eigenvalue weighted by Gasteiger charge is 2.52. The predicted octanol–water partition coefficient (Wildman–Crippen LogP) is 0.383. The Kier molecular flexibility index (Phi) is 8.18. The maximum Gasteiger partial charge on any atom is 0.496 e. The maximum absolute atomic E-state index is 11.6. The van der Waals surface area contributed by atoms with Crippen molar-refractivity contribution in [2.24, 2.45) is 11.8 Å². The number of halogens is 1. The van der Waals surface area contributed by atoms with Crippen LogP contribution in [0.15, 0.2) is 51.2 Å². The van der Waals surface area contributed by atoms with Crippen molar-refractivity contribution in [2.75, 3.05) is 0 Å². The molecule has 0 bridgehead atoms. The molecule has 0 unspecified atom stereocenters. The highest BCUT2D eigenvalue weighted by Crippen LogP contribution is 2.36. The summed E-state index contributed by atoms with van der Waals surface area (Å²) in [4.78, 5) is 7.27. The molecule has 0 aromatic carbocycles. The Morgan fingerprint density at radius 3 is 1.72 bits per heavy atom. The van der Waals surface area contributed by atoms with Crippen LogP contribution in [-0.4, -0.2) is 45.1 Å². The van der Waals surface area contributed by atoms with Crippen molar-refractivity contribution in [1.82, 2.24) is 9.97 Å². The number of nitrogens with two attached hydrogens (primary N) is 2. The number of aromatic nitrogens is 2. The lowest BCUT2D eigenvalue weighted by molar-refractivity contribution is 0.00578. The molecular formula is C16H22BBrN4O8S2. The van der Waals surface area contributed by atoms with Crippen LogP contribution in [0.1, 0.15) is 27.7 Å². The first-order chi connectivity index (χ1) is 14.6. The van der Waals surface area contributed by atoms with Crippen LogP contribution in [0, 0.1) is 0 Å². The first kappa shape index (κ1) is 26.8. The summed E-state index contributed by atoms with van der Waals surface area (Å²) in [5.74, 6) is 9.31. The van der Waals surface area contributed by atoms with E-state index in [2.05, 4.69) is 40.4 Å². The fourth-order valence-electron chi connectivity index (χ4n) is 2.32. The van der Waals surface area contributed by atoms with Crippen molar-refractivity contribution in [2.45, 2.75) is 48.7 Å². The van der Waals surface area contributed by atoms with E-state index in [1.165, 1.54) is 24.5 Å². The minimum Gasteiger partial charge on any atom is -0.399 e. The number of hydrogen-bond donors (Lipinski definition) is 2. The molecule has 0 amide bonds. The topological polar surface area (TPSA) is 183 Å². The molecule has 32 heavy (non-hydrogen) atoms. The van der Waals surface area contributed by atoms with Gasteiger partial charge in [-0.1, -0.05) is 0 Å². The molecular weight excluding hydrogens is 531 g/mol. The normalized spacial score (nSPS) is 17.5.